The van der Waals surface area contributed by atoms with Crippen molar-refractivity contribution in [1.29, 1.82) is 0 Å². The SMILES string of the molecule is CC(CO)c1cccc2c1OCO2. The van der Waals surface area contributed by atoms with Crippen molar-refractivity contribution in [3.8, 4) is 11.5 Å². The molecule has 3 nitrogen and oxygen atoms in total. The lowest BCUT2D eigenvalue weighted by Crippen LogP contribution is -2.00. The molecule has 1 aliphatic rings. The monoisotopic (exact) mass is 180 g/mol. The Balaban J connectivity index is 2.41. The van der Waals surface area contributed by atoms with Crippen molar-refractivity contribution in [2.45, 2.75) is 12.8 Å². The molecular formula is C10H12O3. The van der Waals surface area contributed by atoms with Crippen LogP contribution in [0.2, 0.25) is 0 Å². The Bertz CT molecular complexity index is 309. The summed E-state index contributed by atoms with van der Waals surface area (Å²) >= 11 is 0. The molecule has 1 aliphatic heterocycles. The fourth-order valence-electron chi connectivity index (χ4n) is 1.44. The van der Waals surface area contributed by atoms with Gasteiger partial charge in [0.05, 0.1) is 0 Å². The summed E-state index contributed by atoms with van der Waals surface area (Å²) in [6, 6.07) is 5.74. The maximum absolute atomic E-state index is 9.02. The van der Waals surface area contributed by atoms with Crippen LogP contribution >= 0.6 is 0 Å². The van der Waals surface area contributed by atoms with E-state index in [9.17, 15) is 0 Å². The molecule has 1 aromatic carbocycles. The molecular weight excluding hydrogens is 168 g/mol. The quantitative estimate of drug-likeness (QED) is 0.749. The minimum Gasteiger partial charge on any atom is -0.454 e. The summed E-state index contributed by atoms with van der Waals surface area (Å²) in [7, 11) is 0. The summed E-state index contributed by atoms with van der Waals surface area (Å²) in [5.74, 6) is 1.65. The highest BCUT2D eigenvalue weighted by atomic mass is 16.7. The third kappa shape index (κ3) is 1.35. The van der Waals surface area contributed by atoms with Gasteiger partial charge in [-0.05, 0) is 6.07 Å². The average molecular weight is 180 g/mol. The number of fused-ring (bicyclic) bond motifs is 1. The molecule has 1 aromatic rings. The Morgan fingerprint density at radius 2 is 2.31 bits per heavy atom. The van der Waals surface area contributed by atoms with Crippen molar-refractivity contribution in [2.24, 2.45) is 0 Å². The first kappa shape index (κ1) is 8.38. The van der Waals surface area contributed by atoms with Crippen LogP contribution in [0.15, 0.2) is 18.2 Å². The summed E-state index contributed by atoms with van der Waals surface area (Å²) < 4.78 is 10.5. The van der Waals surface area contributed by atoms with Crippen LogP contribution in [0, 0.1) is 0 Å². The first-order valence-electron chi connectivity index (χ1n) is 4.32. The fraction of sp³-hybridized carbons (Fsp3) is 0.400. The van der Waals surface area contributed by atoms with Gasteiger partial charge in [-0.2, -0.15) is 0 Å². The maximum atomic E-state index is 9.02. The van der Waals surface area contributed by atoms with E-state index >= 15 is 0 Å². The largest absolute Gasteiger partial charge is 0.454 e. The van der Waals surface area contributed by atoms with Crippen LogP contribution in [0.4, 0.5) is 0 Å². The molecule has 0 saturated carbocycles. The van der Waals surface area contributed by atoms with Gasteiger partial charge < -0.3 is 14.6 Å². The number of aliphatic hydroxyl groups excluding tert-OH is 1. The van der Waals surface area contributed by atoms with Crippen molar-refractivity contribution >= 4 is 0 Å². The summed E-state index contributed by atoms with van der Waals surface area (Å²) in [6.45, 7) is 2.36. The number of hydrogen-bond acceptors (Lipinski definition) is 3. The molecule has 2 rings (SSSR count). The predicted molar refractivity (Wildman–Crippen MR) is 48.1 cm³/mol. The number of rotatable bonds is 2. The van der Waals surface area contributed by atoms with E-state index in [1.165, 1.54) is 0 Å². The molecule has 3 heteroatoms. The zero-order valence-corrected chi connectivity index (χ0v) is 7.49. The summed E-state index contributed by atoms with van der Waals surface area (Å²) in [5.41, 5.74) is 1.01. The van der Waals surface area contributed by atoms with Gasteiger partial charge in [-0.15, -0.1) is 0 Å². The molecule has 0 amide bonds. The lowest BCUT2D eigenvalue weighted by Gasteiger charge is -2.10. The van der Waals surface area contributed by atoms with Crippen LogP contribution in [-0.2, 0) is 0 Å². The normalized spacial score (nSPS) is 15.8. The van der Waals surface area contributed by atoms with Gasteiger partial charge in [0.25, 0.3) is 0 Å². The zero-order valence-electron chi connectivity index (χ0n) is 7.49. The van der Waals surface area contributed by atoms with E-state index in [1.54, 1.807) is 0 Å². The van der Waals surface area contributed by atoms with E-state index in [0.29, 0.717) is 0 Å². The summed E-state index contributed by atoms with van der Waals surface area (Å²) in [5, 5.41) is 9.02. The van der Waals surface area contributed by atoms with Crippen molar-refractivity contribution in [3.05, 3.63) is 23.8 Å². The van der Waals surface area contributed by atoms with Gasteiger partial charge in [0.2, 0.25) is 6.79 Å². The van der Waals surface area contributed by atoms with E-state index in [4.69, 9.17) is 14.6 Å². The highest BCUT2D eigenvalue weighted by Gasteiger charge is 2.19. The molecule has 1 N–H and O–H groups in total. The van der Waals surface area contributed by atoms with Crippen LogP contribution in [-0.4, -0.2) is 18.5 Å². The average Bonchev–Trinajstić information content (AvgIpc) is 2.63. The number of para-hydroxylation sites is 1. The molecule has 1 atom stereocenters. The third-order valence-corrected chi connectivity index (χ3v) is 2.23. The Hall–Kier alpha value is -1.22. The van der Waals surface area contributed by atoms with Crippen molar-refractivity contribution < 1.29 is 14.6 Å². The van der Waals surface area contributed by atoms with Crippen molar-refractivity contribution in [3.63, 3.8) is 0 Å². The van der Waals surface area contributed by atoms with Gasteiger partial charge in [-0.1, -0.05) is 19.1 Å². The standard InChI is InChI=1S/C10H12O3/c1-7(5-11)8-3-2-4-9-10(8)13-6-12-9/h2-4,7,11H,5-6H2,1H3. The Labute approximate surface area is 76.9 Å². The third-order valence-electron chi connectivity index (χ3n) is 2.23. The smallest absolute Gasteiger partial charge is 0.231 e. The van der Waals surface area contributed by atoms with Gasteiger partial charge in [0.15, 0.2) is 11.5 Å². The molecule has 0 aliphatic carbocycles. The topological polar surface area (TPSA) is 38.7 Å². The van der Waals surface area contributed by atoms with Crippen LogP contribution in [0.5, 0.6) is 11.5 Å². The molecule has 1 heterocycles. The fourth-order valence-corrected chi connectivity index (χ4v) is 1.44. The second-order valence-corrected chi connectivity index (χ2v) is 3.16. The van der Waals surface area contributed by atoms with Gasteiger partial charge in [-0.3, -0.25) is 0 Å². The number of ether oxygens (including phenoxy) is 2. The van der Waals surface area contributed by atoms with E-state index in [1.807, 2.05) is 25.1 Å². The lowest BCUT2D eigenvalue weighted by molar-refractivity contribution is 0.172. The van der Waals surface area contributed by atoms with Gasteiger partial charge in [0.1, 0.15) is 0 Å². The molecule has 13 heavy (non-hydrogen) atoms. The van der Waals surface area contributed by atoms with Crippen LogP contribution in [0.25, 0.3) is 0 Å². The van der Waals surface area contributed by atoms with Crippen molar-refractivity contribution in [1.82, 2.24) is 0 Å². The molecule has 0 spiro atoms. The molecule has 70 valence electrons. The minimum absolute atomic E-state index is 0.0941. The van der Waals surface area contributed by atoms with Crippen LogP contribution in [0.1, 0.15) is 18.4 Å². The predicted octanol–water partition coefficient (Wildman–Crippen LogP) is 1.51. The van der Waals surface area contributed by atoms with Gasteiger partial charge >= 0.3 is 0 Å². The van der Waals surface area contributed by atoms with Crippen LogP contribution in [0.3, 0.4) is 0 Å². The molecule has 0 saturated heterocycles. The van der Waals surface area contributed by atoms with E-state index in [0.717, 1.165) is 17.1 Å². The summed E-state index contributed by atoms with van der Waals surface area (Å²) in [4.78, 5) is 0. The highest BCUT2D eigenvalue weighted by Crippen LogP contribution is 2.38. The maximum Gasteiger partial charge on any atom is 0.231 e. The second kappa shape index (κ2) is 3.26. The number of aliphatic hydroxyl groups is 1. The minimum atomic E-state index is 0.0941. The first-order chi connectivity index (χ1) is 6.33. The van der Waals surface area contributed by atoms with E-state index < -0.39 is 0 Å². The summed E-state index contributed by atoms with van der Waals surface area (Å²) in [6.07, 6.45) is 0. The van der Waals surface area contributed by atoms with Gasteiger partial charge in [0, 0.05) is 18.1 Å². The molecule has 0 radical (unpaired) electrons. The molecule has 1 unspecified atom stereocenters. The van der Waals surface area contributed by atoms with Gasteiger partial charge in [-0.25, -0.2) is 0 Å². The molecule has 0 aromatic heterocycles. The van der Waals surface area contributed by atoms with Crippen molar-refractivity contribution in [2.75, 3.05) is 13.4 Å². The zero-order chi connectivity index (χ0) is 9.26. The molecule has 0 bridgehead atoms. The first-order valence-corrected chi connectivity index (χ1v) is 4.32. The highest BCUT2D eigenvalue weighted by molar-refractivity contribution is 5.49. The Morgan fingerprint density at radius 1 is 1.46 bits per heavy atom. The Kier molecular flexibility index (Phi) is 2.10. The number of hydrogen-bond donors (Lipinski definition) is 1. The van der Waals surface area contributed by atoms with E-state index in [-0.39, 0.29) is 19.3 Å². The molecule has 0 fully saturated rings. The second-order valence-electron chi connectivity index (χ2n) is 3.16. The van der Waals surface area contributed by atoms with Crippen LogP contribution < -0.4 is 9.47 Å². The Morgan fingerprint density at radius 3 is 3.08 bits per heavy atom. The van der Waals surface area contributed by atoms with E-state index in [2.05, 4.69) is 0 Å². The lowest BCUT2D eigenvalue weighted by atomic mass is 10.0. The number of benzene rings is 1.